The molecular weight excluding hydrogens is 274 g/mol. The first-order valence-corrected chi connectivity index (χ1v) is 7.41. The van der Waals surface area contributed by atoms with Crippen molar-refractivity contribution < 1.29 is 8.42 Å². The normalized spacial score (nSPS) is 19.6. The van der Waals surface area contributed by atoms with Gasteiger partial charge in [-0.3, -0.25) is 0 Å². The van der Waals surface area contributed by atoms with Crippen LogP contribution in [-0.2, 0) is 9.84 Å². The molecule has 0 spiro atoms. The van der Waals surface area contributed by atoms with Gasteiger partial charge in [0.1, 0.15) is 0 Å². The summed E-state index contributed by atoms with van der Waals surface area (Å²) in [5, 5.41) is 3.14. The second-order valence-electron chi connectivity index (χ2n) is 4.51. The number of aryl methyl sites for hydroxylation is 2. The van der Waals surface area contributed by atoms with Gasteiger partial charge in [0.15, 0.2) is 0 Å². The fraction of sp³-hybridized carbons (Fsp3) is 0.636. The molecule has 7 heteroatoms. The van der Waals surface area contributed by atoms with E-state index in [9.17, 15) is 8.42 Å². The van der Waals surface area contributed by atoms with Gasteiger partial charge in [-0.2, -0.15) is 0 Å². The van der Waals surface area contributed by atoms with E-state index < -0.39 is 9.84 Å². The van der Waals surface area contributed by atoms with E-state index in [-0.39, 0.29) is 29.4 Å². The Kier molecular flexibility index (Phi) is 5.07. The van der Waals surface area contributed by atoms with Gasteiger partial charge in [-0.25, -0.2) is 18.4 Å². The Labute approximate surface area is 114 Å². The molecule has 1 saturated heterocycles. The van der Waals surface area contributed by atoms with Crippen molar-refractivity contribution in [2.75, 3.05) is 12.3 Å². The van der Waals surface area contributed by atoms with E-state index in [0.29, 0.717) is 11.4 Å². The Morgan fingerprint density at radius 2 is 1.94 bits per heavy atom. The van der Waals surface area contributed by atoms with Crippen LogP contribution in [-0.4, -0.2) is 36.7 Å². The summed E-state index contributed by atoms with van der Waals surface area (Å²) in [5.74, 6) is 0.0931. The quantitative estimate of drug-likeness (QED) is 0.843. The summed E-state index contributed by atoms with van der Waals surface area (Å²) >= 11 is 0. The number of nitrogens with zero attached hydrogens (tertiary/aromatic N) is 2. The average molecular weight is 292 g/mol. The van der Waals surface area contributed by atoms with Crippen LogP contribution >= 0.6 is 12.4 Å². The molecular formula is C11H18ClN3O2S. The van der Waals surface area contributed by atoms with Gasteiger partial charge < -0.3 is 5.32 Å². The third-order valence-electron chi connectivity index (χ3n) is 2.82. The topological polar surface area (TPSA) is 72.0 Å². The molecule has 0 bridgehead atoms. The van der Waals surface area contributed by atoms with E-state index >= 15 is 0 Å². The third-order valence-corrected chi connectivity index (χ3v) is 4.40. The highest BCUT2D eigenvalue weighted by Gasteiger charge is 2.26. The van der Waals surface area contributed by atoms with Crippen molar-refractivity contribution in [3.63, 3.8) is 0 Å². The van der Waals surface area contributed by atoms with Gasteiger partial charge in [-0.05, 0) is 39.3 Å². The van der Waals surface area contributed by atoms with Crippen LogP contribution in [0.2, 0.25) is 0 Å². The molecule has 1 N–H and O–H groups in total. The molecule has 1 unspecified atom stereocenters. The van der Waals surface area contributed by atoms with Crippen molar-refractivity contribution in [3.8, 4) is 0 Å². The monoisotopic (exact) mass is 291 g/mol. The van der Waals surface area contributed by atoms with E-state index in [0.717, 1.165) is 19.4 Å². The molecule has 102 valence electrons. The highest BCUT2D eigenvalue weighted by molar-refractivity contribution is 7.91. The van der Waals surface area contributed by atoms with Gasteiger partial charge in [0.05, 0.1) is 5.75 Å². The zero-order chi connectivity index (χ0) is 12.5. The van der Waals surface area contributed by atoms with Crippen LogP contribution in [0.5, 0.6) is 0 Å². The summed E-state index contributed by atoms with van der Waals surface area (Å²) in [7, 11) is -3.37. The van der Waals surface area contributed by atoms with Crippen molar-refractivity contribution in [1.29, 1.82) is 0 Å². The van der Waals surface area contributed by atoms with Gasteiger partial charge in [0.25, 0.3) is 0 Å². The Bertz CT molecular complexity index is 493. The molecule has 0 saturated carbocycles. The van der Waals surface area contributed by atoms with Crippen molar-refractivity contribution in [2.24, 2.45) is 0 Å². The molecule has 1 aliphatic rings. The van der Waals surface area contributed by atoms with Crippen LogP contribution in [0.15, 0.2) is 11.2 Å². The van der Waals surface area contributed by atoms with Crippen LogP contribution < -0.4 is 5.32 Å². The Balaban J connectivity index is 0.00000162. The number of hydrogen-bond donors (Lipinski definition) is 1. The van der Waals surface area contributed by atoms with E-state index in [1.165, 1.54) is 0 Å². The lowest BCUT2D eigenvalue weighted by atomic mass is 10.3. The van der Waals surface area contributed by atoms with Crippen LogP contribution in [0.4, 0.5) is 0 Å². The van der Waals surface area contributed by atoms with Gasteiger partial charge in [0, 0.05) is 17.4 Å². The zero-order valence-corrected chi connectivity index (χ0v) is 12.1. The molecule has 1 atom stereocenters. The van der Waals surface area contributed by atoms with Crippen molar-refractivity contribution in [1.82, 2.24) is 15.3 Å². The molecule has 0 aromatic carbocycles. The minimum Gasteiger partial charge on any atom is -0.313 e. The molecule has 1 aliphatic heterocycles. The van der Waals surface area contributed by atoms with Gasteiger partial charge >= 0.3 is 0 Å². The molecule has 0 aliphatic carbocycles. The SMILES string of the molecule is Cc1cc(C)nc(S(=O)(=O)CC2CCCN2)n1.Cl. The number of nitrogens with one attached hydrogen (secondary N) is 1. The highest BCUT2D eigenvalue weighted by atomic mass is 35.5. The van der Waals surface area contributed by atoms with Crippen molar-refractivity contribution in [3.05, 3.63) is 17.5 Å². The molecule has 5 nitrogen and oxygen atoms in total. The highest BCUT2D eigenvalue weighted by Crippen LogP contribution is 2.13. The first-order chi connectivity index (χ1) is 7.97. The van der Waals surface area contributed by atoms with E-state index in [2.05, 4.69) is 15.3 Å². The van der Waals surface area contributed by atoms with Crippen LogP contribution in [0.25, 0.3) is 0 Å². The van der Waals surface area contributed by atoms with Crippen LogP contribution in [0.1, 0.15) is 24.2 Å². The van der Waals surface area contributed by atoms with E-state index in [1.807, 2.05) is 0 Å². The number of sulfone groups is 1. The largest absolute Gasteiger partial charge is 0.313 e. The maximum Gasteiger partial charge on any atom is 0.247 e. The molecule has 1 aromatic heterocycles. The number of hydrogen-bond acceptors (Lipinski definition) is 5. The summed E-state index contributed by atoms with van der Waals surface area (Å²) < 4.78 is 24.3. The van der Waals surface area contributed by atoms with Gasteiger partial charge in [-0.1, -0.05) is 0 Å². The standard InChI is InChI=1S/C11H17N3O2S.ClH/c1-8-6-9(2)14-11(13-8)17(15,16)7-10-4-3-5-12-10;/h6,10,12H,3-5,7H2,1-2H3;1H. The zero-order valence-electron chi connectivity index (χ0n) is 10.5. The lowest BCUT2D eigenvalue weighted by molar-refractivity contribution is 0.567. The number of halogens is 1. The maximum absolute atomic E-state index is 12.1. The second kappa shape index (κ2) is 5.95. The molecule has 1 aromatic rings. The first-order valence-electron chi connectivity index (χ1n) is 5.76. The molecule has 2 rings (SSSR count). The minimum absolute atomic E-state index is 0. The van der Waals surface area contributed by atoms with Crippen molar-refractivity contribution >= 4 is 22.2 Å². The van der Waals surface area contributed by atoms with E-state index in [4.69, 9.17) is 0 Å². The lowest BCUT2D eigenvalue weighted by Gasteiger charge is -2.10. The molecule has 1 fully saturated rings. The maximum atomic E-state index is 12.1. The van der Waals surface area contributed by atoms with Crippen LogP contribution in [0, 0.1) is 13.8 Å². The summed E-state index contributed by atoms with van der Waals surface area (Å²) in [6.07, 6.45) is 1.94. The fourth-order valence-corrected chi connectivity index (χ4v) is 3.60. The second-order valence-corrected chi connectivity index (χ2v) is 6.44. The number of rotatable bonds is 3. The van der Waals surface area contributed by atoms with Crippen molar-refractivity contribution in [2.45, 2.75) is 37.9 Å². The molecule has 0 radical (unpaired) electrons. The third kappa shape index (κ3) is 3.63. The Hall–Kier alpha value is -0.720. The predicted molar refractivity (Wildman–Crippen MR) is 71.8 cm³/mol. The van der Waals surface area contributed by atoms with Crippen LogP contribution in [0.3, 0.4) is 0 Å². The molecule has 2 heterocycles. The molecule has 0 amide bonds. The summed E-state index contributed by atoms with van der Waals surface area (Å²) in [6, 6.07) is 1.82. The predicted octanol–water partition coefficient (Wildman–Crippen LogP) is 1.04. The minimum atomic E-state index is -3.37. The fourth-order valence-electron chi connectivity index (χ4n) is 2.07. The Morgan fingerprint density at radius 3 is 2.44 bits per heavy atom. The first kappa shape index (κ1) is 15.3. The summed E-state index contributed by atoms with van der Waals surface area (Å²) in [6.45, 7) is 4.46. The van der Waals surface area contributed by atoms with E-state index in [1.54, 1.807) is 19.9 Å². The summed E-state index contributed by atoms with van der Waals surface area (Å²) in [5.41, 5.74) is 1.38. The summed E-state index contributed by atoms with van der Waals surface area (Å²) in [4.78, 5) is 8.04. The van der Waals surface area contributed by atoms with Gasteiger partial charge in [-0.15, -0.1) is 12.4 Å². The molecule has 18 heavy (non-hydrogen) atoms. The lowest BCUT2D eigenvalue weighted by Crippen LogP contribution is -2.30. The Morgan fingerprint density at radius 1 is 1.33 bits per heavy atom. The number of aromatic nitrogens is 2. The van der Waals surface area contributed by atoms with Gasteiger partial charge in [0.2, 0.25) is 15.0 Å². The average Bonchev–Trinajstić information content (AvgIpc) is 2.68. The smallest absolute Gasteiger partial charge is 0.247 e.